The van der Waals surface area contributed by atoms with Crippen LogP contribution in [-0.4, -0.2) is 10.1 Å². The highest BCUT2D eigenvalue weighted by molar-refractivity contribution is 14.1. The van der Waals surface area contributed by atoms with Crippen molar-refractivity contribution in [1.82, 2.24) is 4.98 Å². The second-order valence-corrected chi connectivity index (χ2v) is 3.41. The molecular formula is C6H3ClF2INO. The van der Waals surface area contributed by atoms with Gasteiger partial charge in [0, 0.05) is 0 Å². The first-order valence-corrected chi connectivity index (χ1v) is 4.30. The number of alkyl halides is 2. The Morgan fingerprint density at radius 1 is 1.58 bits per heavy atom. The molecule has 0 spiro atoms. The number of rotatable bonds is 1. The fraction of sp³-hybridized carbons (Fsp3) is 0.167. The van der Waals surface area contributed by atoms with Gasteiger partial charge in [-0.15, -0.1) is 0 Å². The van der Waals surface area contributed by atoms with Gasteiger partial charge in [-0.25, -0.2) is 8.78 Å². The van der Waals surface area contributed by atoms with E-state index in [2.05, 4.69) is 4.98 Å². The summed E-state index contributed by atoms with van der Waals surface area (Å²) in [6.45, 7) is 0. The second-order valence-electron chi connectivity index (χ2n) is 1.96. The van der Waals surface area contributed by atoms with Crippen molar-refractivity contribution in [2.24, 2.45) is 0 Å². The fourth-order valence-electron chi connectivity index (χ4n) is 0.621. The summed E-state index contributed by atoms with van der Waals surface area (Å²) in [5.41, 5.74) is -0.404. The summed E-state index contributed by atoms with van der Waals surface area (Å²) in [7, 11) is 0. The van der Waals surface area contributed by atoms with E-state index < -0.39 is 12.1 Å². The van der Waals surface area contributed by atoms with Crippen LogP contribution in [0.5, 0.6) is 5.75 Å². The van der Waals surface area contributed by atoms with E-state index in [4.69, 9.17) is 16.7 Å². The Kier molecular flexibility index (Phi) is 3.05. The summed E-state index contributed by atoms with van der Waals surface area (Å²) in [6.07, 6.45) is -1.76. The quantitative estimate of drug-likeness (QED) is 0.809. The lowest BCUT2D eigenvalue weighted by atomic mass is 10.3. The maximum Gasteiger partial charge on any atom is 0.281 e. The molecule has 0 saturated carbocycles. The molecule has 6 heteroatoms. The Bertz CT molecular complexity index is 308. The van der Waals surface area contributed by atoms with Gasteiger partial charge in [-0.2, -0.15) is 0 Å². The molecule has 0 saturated heterocycles. The van der Waals surface area contributed by atoms with E-state index in [0.29, 0.717) is 0 Å². The second kappa shape index (κ2) is 3.69. The lowest BCUT2D eigenvalue weighted by molar-refractivity contribution is 0.145. The molecule has 0 radical (unpaired) electrons. The monoisotopic (exact) mass is 305 g/mol. The molecule has 0 aliphatic carbocycles. The maximum absolute atomic E-state index is 12.1. The Morgan fingerprint density at radius 2 is 2.17 bits per heavy atom. The molecule has 1 aromatic heterocycles. The fourth-order valence-corrected chi connectivity index (χ4v) is 1.42. The van der Waals surface area contributed by atoms with Crippen molar-refractivity contribution in [1.29, 1.82) is 0 Å². The van der Waals surface area contributed by atoms with Crippen LogP contribution in [0.1, 0.15) is 12.1 Å². The highest BCUT2D eigenvalue weighted by Crippen LogP contribution is 2.33. The van der Waals surface area contributed by atoms with E-state index in [1.54, 1.807) is 22.6 Å². The zero-order valence-electron chi connectivity index (χ0n) is 5.56. The number of halogens is 4. The van der Waals surface area contributed by atoms with Gasteiger partial charge in [-0.05, 0) is 22.6 Å². The van der Waals surface area contributed by atoms with E-state index in [1.807, 2.05) is 0 Å². The average molecular weight is 305 g/mol. The first kappa shape index (κ1) is 9.91. The van der Waals surface area contributed by atoms with Crippen molar-refractivity contribution in [3.63, 3.8) is 0 Å². The van der Waals surface area contributed by atoms with E-state index in [-0.39, 0.29) is 14.3 Å². The molecule has 0 bridgehead atoms. The minimum Gasteiger partial charge on any atom is -0.505 e. The molecule has 0 amide bonds. The average Bonchev–Trinajstić information content (AvgIpc) is 2.00. The predicted octanol–water partition coefficient (Wildman–Crippen LogP) is 2.98. The number of nitrogens with zero attached hydrogens (tertiary/aromatic N) is 1. The molecule has 0 unspecified atom stereocenters. The lowest BCUT2D eigenvalue weighted by Crippen LogP contribution is -1.94. The smallest absolute Gasteiger partial charge is 0.281 e. The van der Waals surface area contributed by atoms with Gasteiger partial charge in [0.1, 0.15) is 5.69 Å². The number of hydrogen-bond acceptors (Lipinski definition) is 2. The number of pyridine rings is 1. The van der Waals surface area contributed by atoms with Crippen molar-refractivity contribution in [2.45, 2.75) is 6.43 Å². The van der Waals surface area contributed by atoms with Gasteiger partial charge >= 0.3 is 0 Å². The lowest BCUT2D eigenvalue weighted by Gasteiger charge is -2.04. The minimum atomic E-state index is -2.67. The zero-order chi connectivity index (χ0) is 9.30. The predicted molar refractivity (Wildman–Crippen MR) is 48.6 cm³/mol. The Morgan fingerprint density at radius 3 is 2.67 bits per heavy atom. The molecule has 0 aliphatic rings. The summed E-state index contributed by atoms with van der Waals surface area (Å²) >= 11 is 7.11. The van der Waals surface area contributed by atoms with Crippen molar-refractivity contribution >= 4 is 34.2 Å². The van der Waals surface area contributed by atoms with E-state index >= 15 is 0 Å². The molecule has 1 aromatic rings. The van der Waals surface area contributed by atoms with Gasteiger partial charge in [0.25, 0.3) is 6.43 Å². The Hall–Kier alpha value is -0.170. The van der Waals surface area contributed by atoms with Crippen molar-refractivity contribution in [3.05, 3.63) is 20.5 Å². The molecule has 66 valence electrons. The molecule has 12 heavy (non-hydrogen) atoms. The molecular weight excluding hydrogens is 302 g/mol. The van der Waals surface area contributed by atoms with Gasteiger partial charge in [0.15, 0.2) is 5.75 Å². The minimum absolute atomic E-state index is 0.0825. The Labute approximate surface area is 85.7 Å². The standard InChI is InChI=1S/C6H3ClF2INO/c7-3-2(12)1-11-5(4(3)10)6(8)9/h1,6,12H. The van der Waals surface area contributed by atoms with Crippen LogP contribution in [0.2, 0.25) is 5.02 Å². The van der Waals surface area contributed by atoms with Gasteiger partial charge in [-0.1, -0.05) is 11.6 Å². The first-order valence-electron chi connectivity index (χ1n) is 2.85. The summed E-state index contributed by atoms with van der Waals surface area (Å²) < 4.78 is 24.4. The van der Waals surface area contributed by atoms with Crippen LogP contribution in [0.4, 0.5) is 8.78 Å². The summed E-state index contributed by atoms with van der Waals surface area (Å²) in [5, 5.41) is 8.88. The molecule has 0 atom stereocenters. The van der Waals surface area contributed by atoms with Crippen molar-refractivity contribution < 1.29 is 13.9 Å². The summed E-state index contributed by atoms with van der Waals surface area (Å²) in [5.74, 6) is -0.287. The van der Waals surface area contributed by atoms with E-state index in [0.717, 1.165) is 6.20 Å². The molecule has 1 heterocycles. The third kappa shape index (κ3) is 1.77. The third-order valence-electron chi connectivity index (χ3n) is 1.18. The van der Waals surface area contributed by atoms with Crippen LogP contribution in [-0.2, 0) is 0 Å². The van der Waals surface area contributed by atoms with Crippen LogP contribution < -0.4 is 0 Å². The molecule has 0 fully saturated rings. The maximum atomic E-state index is 12.1. The third-order valence-corrected chi connectivity index (χ3v) is 2.97. The van der Waals surface area contributed by atoms with Gasteiger partial charge in [0.05, 0.1) is 14.8 Å². The molecule has 1 rings (SSSR count). The van der Waals surface area contributed by atoms with E-state index in [9.17, 15) is 8.78 Å². The van der Waals surface area contributed by atoms with Gasteiger partial charge < -0.3 is 5.11 Å². The van der Waals surface area contributed by atoms with Crippen LogP contribution in [0.3, 0.4) is 0 Å². The summed E-state index contributed by atoms with van der Waals surface area (Å²) in [4.78, 5) is 3.35. The van der Waals surface area contributed by atoms with Crippen LogP contribution in [0, 0.1) is 3.57 Å². The number of aromatic hydroxyl groups is 1. The van der Waals surface area contributed by atoms with Crippen LogP contribution >= 0.6 is 34.2 Å². The highest BCUT2D eigenvalue weighted by Gasteiger charge is 2.17. The number of hydrogen-bond donors (Lipinski definition) is 1. The largest absolute Gasteiger partial charge is 0.505 e. The summed E-state index contributed by atoms with van der Waals surface area (Å²) in [6, 6.07) is 0. The molecule has 2 nitrogen and oxygen atoms in total. The molecule has 0 aliphatic heterocycles. The number of aromatic nitrogens is 1. The highest BCUT2D eigenvalue weighted by atomic mass is 127. The molecule has 0 aromatic carbocycles. The molecule has 1 N–H and O–H groups in total. The topological polar surface area (TPSA) is 33.1 Å². The van der Waals surface area contributed by atoms with Gasteiger partial charge in [-0.3, -0.25) is 4.98 Å². The van der Waals surface area contributed by atoms with Gasteiger partial charge in [0.2, 0.25) is 0 Å². The SMILES string of the molecule is Oc1cnc(C(F)F)c(I)c1Cl. The van der Waals surface area contributed by atoms with E-state index in [1.165, 1.54) is 0 Å². The Balaban J connectivity index is 3.27. The zero-order valence-corrected chi connectivity index (χ0v) is 8.47. The van der Waals surface area contributed by atoms with Crippen LogP contribution in [0.25, 0.3) is 0 Å². The van der Waals surface area contributed by atoms with Crippen molar-refractivity contribution in [2.75, 3.05) is 0 Å². The van der Waals surface area contributed by atoms with Crippen LogP contribution in [0.15, 0.2) is 6.20 Å². The first-order chi connectivity index (χ1) is 5.54. The normalized spacial score (nSPS) is 10.8. The van der Waals surface area contributed by atoms with Crippen molar-refractivity contribution in [3.8, 4) is 5.75 Å².